The molecule has 123 heavy (non-hydrogen) atoms. The number of anilines is 1. The van der Waals surface area contributed by atoms with Crippen molar-refractivity contribution in [1.82, 2.24) is 52.1 Å². The molecule has 7 aliphatic rings. The van der Waals surface area contributed by atoms with Crippen LogP contribution in [0, 0.1) is 5.92 Å². The number of ether oxygens (including phenoxy) is 6. The molecule has 0 aliphatic carbocycles. The highest BCUT2D eigenvalue weighted by Gasteiger charge is 2.52. The largest absolute Gasteiger partial charge is 0.508 e. The zero-order chi connectivity index (χ0) is 89.1. The van der Waals surface area contributed by atoms with Crippen LogP contribution in [-0.4, -0.2) is 219 Å². The van der Waals surface area contributed by atoms with E-state index in [9.17, 15) is 93.4 Å². The number of carboxylic acid groups (broad SMARTS) is 1. The van der Waals surface area contributed by atoms with Crippen LogP contribution in [0.4, 0.5) is 14.6 Å². The fourth-order valence-corrected chi connectivity index (χ4v) is 15.8. The molecular formula is C80H86Cl2F2N12O26S. The predicted molar refractivity (Wildman–Crippen MR) is 428 cm³/mol. The molecule has 0 saturated carbocycles. The monoisotopic (exact) mass is 1770 g/mol. The van der Waals surface area contributed by atoms with Gasteiger partial charge in [0.2, 0.25) is 53.4 Å². The number of hydrogen-bond donors (Lipinski definition) is 20. The first-order chi connectivity index (χ1) is 58.3. The number of halogens is 4. The van der Waals surface area contributed by atoms with Gasteiger partial charge in [-0.05, 0) is 134 Å². The summed E-state index contributed by atoms with van der Waals surface area (Å²) in [7, 11) is 1.46. The summed E-state index contributed by atoms with van der Waals surface area (Å²) in [4.78, 5) is 149. The first-order valence-electron chi connectivity index (χ1n) is 38.2. The lowest BCUT2D eigenvalue weighted by molar-refractivity contribution is -0.334. The van der Waals surface area contributed by atoms with E-state index in [-0.39, 0.29) is 71.0 Å². The molecule has 2 fully saturated rings. The number of phenols is 3. The maximum Gasteiger partial charge on any atom is 0.349 e. The first-order valence-corrected chi connectivity index (χ1v) is 39.8. The number of carbonyl (C=O) groups is 9. The van der Waals surface area contributed by atoms with Crippen LogP contribution in [0.1, 0.15) is 115 Å². The minimum Gasteiger partial charge on any atom is -0.508 e. The van der Waals surface area contributed by atoms with E-state index >= 15 is 14.4 Å². The minimum atomic E-state index is -2.75. The van der Waals surface area contributed by atoms with Crippen molar-refractivity contribution in [3.63, 3.8) is 0 Å². The molecule has 8 amide bonds. The third-order valence-corrected chi connectivity index (χ3v) is 22.3. The number of nitrogens with zero attached hydrogens (tertiary/aromatic N) is 2. The van der Waals surface area contributed by atoms with Crippen molar-refractivity contribution in [1.29, 1.82) is 0 Å². The van der Waals surface area contributed by atoms with Crippen LogP contribution in [0.25, 0.3) is 11.1 Å². The molecule has 38 nitrogen and oxygen atoms in total. The maximum absolute atomic E-state index is 16.2. The summed E-state index contributed by atoms with van der Waals surface area (Å²) in [5.41, 5.74) is 0.423. The number of phenolic OH excluding ortho intramolecular Hbond substituents is 3. The van der Waals surface area contributed by atoms with Gasteiger partial charge in [0.15, 0.2) is 29.9 Å². The Bertz CT molecular complexity index is 5320. The highest BCUT2D eigenvalue weighted by atomic mass is 35.5. The van der Waals surface area contributed by atoms with Crippen LogP contribution in [0.15, 0.2) is 125 Å². The van der Waals surface area contributed by atoms with Gasteiger partial charge in [-0.1, -0.05) is 73.1 Å². The average molecular weight is 1770 g/mol. The molecule has 14 rings (SSSR count). The number of nitrogens with two attached hydrogens (primary N) is 1. The number of carbonyl (C=O) groups excluding carboxylic acids is 8. The number of fused-ring (bicyclic) bond motifs is 15. The standard InChI is InChI=1S/C80H86Cl2F2N12O26S/c1-31(2)19-44(86-5)70(108)94-60-62(102)34-10-13-48(42(81)22-34)118-50-24-37-25-51(66(50)122-77-67(65(105)64(104)52(30-97)120-77)121-55-29-80(4,68(106)32(3)117-55)87-16-18-96-17-15-54(90-79(96)116)89-69(107)36-7-6-8-39(20-36)123-78(83)84)119-49-14-11-35(23-43(49)82)63(103)61-75(113)93-59(76(114)115)41-26-38(98)27-47(100)56(41)40-21-33(9-12-46(40)99)57(72(110)95-61)92-73(111)58(37)91-71(109)45(28-53(85)101)88-74(60)112/h6-15,17,20-27,31-32,44-45,52,55,57-65,67-68,77-78,86-87,97-100,102-106H,16,18-19,28-30H2,1-5H3,(H2,85,101)(H,88,112)(H,91,109)(H,92,111)(H,93,113)(H,94,108)(H,95,110)(H,114,115)(H,89,90,107,116)/t32?,44-,45-,52-,55-,57-,58?,59+,60+,61+,62+,63+,64+,65+,67+,68-,77?,80?/m0/s1. The number of rotatable bonds is 21. The molecule has 7 aromatic rings. The quantitative estimate of drug-likeness (QED) is 0.0460. The van der Waals surface area contributed by atoms with E-state index in [2.05, 4.69) is 52.8 Å². The molecule has 7 aliphatic heterocycles. The molecule has 2 saturated heterocycles. The van der Waals surface area contributed by atoms with Crippen LogP contribution < -0.4 is 73.5 Å². The fourth-order valence-electron chi connectivity index (χ4n) is 14.8. The van der Waals surface area contributed by atoms with Crippen molar-refractivity contribution in [2.75, 3.05) is 25.5 Å². The fraction of sp³-hybridized carbons (Fsp3) is 0.388. The second-order valence-electron chi connectivity index (χ2n) is 30.2. The Morgan fingerprint density at radius 3 is 2.02 bits per heavy atom. The molecule has 0 radical (unpaired) electrons. The first kappa shape index (κ1) is 90.8. The third-order valence-electron chi connectivity index (χ3n) is 21.1. The highest BCUT2D eigenvalue weighted by molar-refractivity contribution is 7.99. The number of aromatic hydroxyl groups is 3. The van der Waals surface area contributed by atoms with Gasteiger partial charge in [-0.25, -0.2) is 9.59 Å². The van der Waals surface area contributed by atoms with Gasteiger partial charge in [0.05, 0.1) is 41.3 Å². The summed E-state index contributed by atoms with van der Waals surface area (Å²) >= 11 is 14.5. The van der Waals surface area contributed by atoms with Crippen molar-refractivity contribution in [3.8, 4) is 57.1 Å². The van der Waals surface area contributed by atoms with Crippen LogP contribution in [0.3, 0.4) is 0 Å². The van der Waals surface area contributed by atoms with Gasteiger partial charge >= 0.3 is 11.7 Å². The van der Waals surface area contributed by atoms with Crippen LogP contribution >= 0.6 is 35.0 Å². The van der Waals surface area contributed by atoms with Crippen LogP contribution in [-0.2, 0) is 59.1 Å². The van der Waals surface area contributed by atoms with Crippen molar-refractivity contribution in [3.05, 3.63) is 169 Å². The Labute approximate surface area is 711 Å². The SMILES string of the molecule is CN[C@@H](CC(C)C)C(=O)N[C@H]1C(=O)N[C@@H](CC(N)=O)C(=O)NC2C(=O)N[C@@H]3C(=O)N[C@@H](C(=O)N[C@@H](C(=O)O)c4cc(O)cc(O)c4-c4cc3ccc4O)[C@H](O)c3ccc(c(Cl)c3)Oc3cc2cc(c3OC2O[C@@H](CO)[C@@H](O)[C@@H](O)[C@H]2O[C@H]2CC(C)(NCCn3ccc(NC(=O)c4cccc(SC(F)F)c4)nc3=O)[C@@H](O)C(C)O2)Oc2ccc(cc2Cl)[C@H]1O. The van der Waals surface area contributed by atoms with E-state index in [4.69, 9.17) is 57.4 Å². The summed E-state index contributed by atoms with van der Waals surface area (Å²) in [6.07, 6.45) is -18.5. The number of aliphatic carboxylic acids is 1. The molecule has 43 heteroatoms. The Kier molecular flexibility index (Phi) is 28.2. The lowest BCUT2D eigenvalue weighted by atomic mass is 9.85. The number of nitrogens with one attached hydrogen (secondary N) is 9. The number of thioether (sulfide) groups is 1. The zero-order valence-corrected chi connectivity index (χ0v) is 67.9. The third kappa shape index (κ3) is 20.4. The Morgan fingerprint density at radius 2 is 1.39 bits per heavy atom. The molecule has 0 spiro atoms. The molecule has 656 valence electrons. The number of benzene rings is 6. The highest BCUT2D eigenvalue weighted by Crippen LogP contribution is 2.50. The summed E-state index contributed by atoms with van der Waals surface area (Å²) in [6.45, 7) is 5.39. The number of carboxylic acids is 1. The number of alkyl halides is 2. The van der Waals surface area contributed by atoms with E-state index in [1.807, 2.05) is 0 Å². The summed E-state index contributed by atoms with van der Waals surface area (Å²) in [5.74, 6) is -20.3. The maximum atomic E-state index is 16.2. The summed E-state index contributed by atoms with van der Waals surface area (Å²) < 4.78 is 66.6. The number of aromatic nitrogens is 2. The average Bonchev–Trinajstić information content (AvgIpc) is 0.763. The molecular weight excluding hydrogens is 1690 g/mol. The van der Waals surface area contributed by atoms with Crippen molar-refractivity contribution in [2.24, 2.45) is 11.7 Å². The normalized spacial score (nSPS) is 26.2. The molecule has 18 atom stereocenters. The van der Waals surface area contributed by atoms with Gasteiger partial charge < -0.3 is 133 Å². The molecule has 11 bridgehead atoms. The van der Waals surface area contributed by atoms with Crippen molar-refractivity contribution in [2.45, 2.75) is 173 Å². The summed E-state index contributed by atoms with van der Waals surface area (Å²) in [6, 6.07) is 5.42. The topological polar surface area (TPSA) is 580 Å². The molecule has 6 aromatic carbocycles. The predicted octanol–water partition coefficient (Wildman–Crippen LogP) is 2.56. The molecule has 4 unspecified atom stereocenters. The Morgan fingerprint density at radius 1 is 0.740 bits per heavy atom. The molecule has 8 heterocycles. The van der Waals surface area contributed by atoms with Crippen molar-refractivity contribution < 1.29 is 131 Å². The Balaban J connectivity index is 0.990. The van der Waals surface area contributed by atoms with Gasteiger partial charge in [-0.3, -0.25) is 42.9 Å². The van der Waals surface area contributed by atoms with Crippen LogP contribution in [0.2, 0.25) is 10.0 Å². The lowest BCUT2D eigenvalue weighted by Gasteiger charge is -2.48. The number of amides is 8. The van der Waals surface area contributed by atoms with E-state index in [1.165, 1.54) is 61.1 Å². The van der Waals surface area contributed by atoms with E-state index in [0.717, 1.165) is 72.8 Å². The van der Waals surface area contributed by atoms with E-state index in [0.29, 0.717) is 0 Å². The number of aliphatic hydroxyl groups excluding tert-OH is 6. The summed E-state index contributed by atoms with van der Waals surface area (Å²) in [5, 5.41) is 139. The lowest BCUT2D eigenvalue weighted by Crippen LogP contribution is -2.65. The Hall–Kier alpha value is -11.4. The number of primary amides is 1. The van der Waals surface area contributed by atoms with Gasteiger partial charge in [-0.15, -0.1) is 0 Å². The number of likely N-dealkylation sites (N-methyl/N-ethyl adjacent to an activating group) is 1. The van der Waals surface area contributed by atoms with Crippen LogP contribution in [0.5, 0.6) is 46.0 Å². The van der Waals surface area contributed by atoms with E-state index < -0.39 is 271 Å². The van der Waals surface area contributed by atoms with Gasteiger partial charge in [-0.2, -0.15) is 13.8 Å². The second kappa shape index (κ2) is 38.1. The number of aliphatic hydroxyl groups is 6. The second-order valence-corrected chi connectivity index (χ2v) is 32.1. The number of hydrogen-bond acceptors (Lipinski definition) is 29. The van der Waals surface area contributed by atoms with Gasteiger partial charge in [0, 0.05) is 64.5 Å². The zero-order valence-electron chi connectivity index (χ0n) is 65.6. The minimum absolute atomic E-state index is 0.00893. The smallest absolute Gasteiger partial charge is 0.349 e. The molecule has 1 aromatic heterocycles. The van der Waals surface area contributed by atoms with Gasteiger partial charge in [0.25, 0.3) is 11.7 Å². The van der Waals surface area contributed by atoms with Gasteiger partial charge in [0.1, 0.15) is 95.3 Å². The molecule has 21 N–H and O–H groups in total. The van der Waals surface area contributed by atoms with E-state index in [1.54, 1.807) is 20.8 Å². The van der Waals surface area contributed by atoms with Crippen molar-refractivity contribution >= 4 is 94.0 Å².